The number of rotatable bonds is 6. The molecule has 0 fully saturated rings. The number of aryl methyl sites for hydroxylation is 1. The normalized spacial score (nSPS) is 11.0. The van der Waals surface area contributed by atoms with Crippen molar-refractivity contribution < 1.29 is 14.7 Å². The molecule has 4 N–H and O–H groups in total. The molecule has 0 radical (unpaired) electrons. The third kappa shape index (κ3) is 6.16. The Morgan fingerprint density at radius 2 is 1.41 bits per heavy atom. The van der Waals surface area contributed by atoms with E-state index in [4.69, 9.17) is 0 Å². The number of carboxylic acids is 1. The zero-order chi connectivity index (χ0) is 26.6. The van der Waals surface area contributed by atoms with E-state index in [1.165, 1.54) is 0 Å². The highest BCUT2D eigenvalue weighted by Gasteiger charge is 2.19. The van der Waals surface area contributed by atoms with Crippen LogP contribution in [0.2, 0.25) is 0 Å². The average Bonchev–Trinajstić information content (AvgIpc) is 2.86. The summed E-state index contributed by atoms with van der Waals surface area (Å²) < 4.78 is 0. The predicted octanol–water partition coefficient (Wildman–Crippen LogP) is 8.05. The lowest BCUT2D eigenvalue weighted by atomic mass is 9.85. The van der Waals surface area contributed by atoms with Gasteiger partial charge in [-0.2, -0.15) is 0 Å². The molecule has 4 aromatic rings. The number of urea groups is 1. The molecule has 0 bridgehead atoms. The fourth-order valence-electron chi connectivity index (χ4n) is 4.16. The Hall–Kier alpha value is -4.58. The summed E-state index contributed by atoms with van der Waals surface area (Å²) in [5.41, 5.74) is 6.37. The molecule has 0 heterocycles. The molecule has 0 saturated carbocycles. The first-order valence-corrected chi connectivity index (χ1v) is 12.1. The first-order chi connectivity index (χ1) is 17.6. The van der Waals surface area contributed by atoms with Crippen molar-refractivity contribution in [3.05, 3.63) is 108 Å². The molecular weight excluding hydrogens is 462 g/mol. The molecule has 0 aromatic heterocycles. The molecule has 6 nitrogen and oxygen atoms in total. The second kappa shape index (κ2) is 10.6. The molecule has 0 spiro atoms. The SMILES string of the molecule is Cc1ccc(NC(=O)Nc2cc(-c3ccccc3C(=O)O)ccc2Nc2ccccc2C(C)(C)C)cc1. The Balaban J connectivity index is 1.74. The number of carbonyl (C=O) groups excluding carboxylic acids is 1. The number of nitrogens with one attached hydrogen (secondary N) is 3. The minimum atomic E-state index is -1.01. The van der Waals surface area contributed by atoms with Gasteiger partial charge in [0.15, 0.2) is 0 Å². The Bertz CT molecular complexity index is 1440. The quantitative estimate of drug-likeness (QED) is 0.219. The first kappa shape index (κ1) is 25.5. The van der Waals surface area contributed by atoms with Gasteiger partial charge in [0.25, 0.3) is 0 Å². The van der Waals surface area contributed by atoms with Gasteiger partial charge in [-0.1, -0.05) is 80.9 Å². The zero-order valence-corrected chi connectivity index (χ0v) is 21.4. The maximum atomic E-state index is 13.0. The predicted molar refractivity (Wildman–Crippen MR) is 151 cm³/mol. The topological polar surface area (TPSA) is 90.5 Å². The van der Waals surface area contributed by atoms with Crippen LogP contribution in [0.5, 0.6) is 0 Å². The van der Waals surface area contributed by atoms with Crippen LogP contribution in [0.1, 0.15) is 42.3 Å². The van der Waals surface area contributed by atoms with E-state index >= 15 is 0 Å². The van der Waals surface area contributed by atoms with Crippen LogP contribution in [0.25, 0.3) is 11.1 Å². The summed E-state index contributed by atoms with van der Waals surface area (Å²) in [4.78, 5) is 24.8. The van der Waals surface area contributed by atoms with Gasteiger partial charge in [0.05, 0.1) is 16.9 Å². The van der Waals surface area contributed by atoms with Gasteiger partial charge in [-0.25, -0.2) is 9.59 Å². The van der Waals surface area contributed by atoms with Crippen LogP contribution in [0.15, 0.2) is 91.0 Å². The van der Waals surface area contributed by atoms with E-state index in [1.54, 1.807) is 30.3 Å². The van der Waals surface area contributed by atoms with E-state index in [1.807, 2.05) is 61.5 Å². The van der Waals surface area contributed by atoms with E-state index in [2.05, 4.69) is 42.8 Å². The molecule has 37 heavy (non-hydrogen) atoms. The van der Waals surface area contributed by atoms with Crippen molar-refractivity contribution in [2.24, 2.45) is 0 Å². The molecule has 4 rings (SSSR count). The Morgan fingerprint density at radius 3 is 2.11 bits per heavy atom. The van der Waals surface area contributed by atoms with Crippen LogP contribution in [-0.2, 0) is 5.41 Å². The smallest absolute Gasteiger partial charge is 0.336 e. The van der Waals surface area contributed by atoms with Crippen molar-refractivity contribution in [1.29, 1.82) is 0 Å². The number of para-hydroxylation sites is 1. The third-order valence-electron chi connectivity index (χ3n) is 6.05. The highest BCUT2D eigenvalue weighted by Crippen LogP contribution is 2.36. The molecule has 6 heteroatoms. The van der Waals surface area contributed by atoms with Crippen LogP contribution >= 0.6 is 0 Å². The largest absolute Gasteiger partial charge is 0.478 e. The van der Waals surface area contributed by atoms with Gasteiger partial charge in [-0.15, -0.1) is 0 Å². The van der Waals surface area contributed by atoms with Crippen molar-refractivity contribution in [1.82, 2.24) is 0 Å². The van der Waals surface area contributed by atoms with Gasteiger partial charge in [0.2, 0.25) is 0 Å². The van der Waals surface area contributed by atoms with Gasteiger partial charge in [0, 0.05) is 11.4 Å². The van der Waals surface area contributed by atoms with Gasteiger partial charge >= 0.3 is 12.0 Å². The number of hydrogen-bond donors (Lipinski definition) is 4. The van der Waals surface area contributed by atoms with Crippen LogP contribution in [0, 0.1) is 6.92 Å². The summed E-state index contributed by atoms with van der Waals surface area (Å²) >= 11 is 0. The van der Waals surface area contributed by atoms with Gasteiger partial charge < -0.3 is 21.1 Å². The second-order valence-corrected chi connectivity index (χ2v) is 9.98. The number of aromatic carboxylic acids is 1. The van der Waals surface area contributed by atoms with Crippen molar-refractivity contribution in [2.75, 3.05) is 16.0 Å². The number of benzene rings is 4. The number of hydrogen-bond acceptors (Lipinski definition) is 3. The van der Waals surface area contributed by atoms with Gasteiger partial charge in [0.1, 0.15) is 0 Å². The second-order valence-electron chi connectivity index (χ2n) is 9.98. The fourth-order valence-corrected chi connectivity index (χ4v) is 4.16. The summed E-state index contributed by atoms with van der Waals surface area (Å²) in [7, 11) is 0. The zero-order valence-electron chi connectivity index (χ0n) is 21.4. The fraction of sp³-hybridized carbons (Fsp3) is 0.161. The number of carbonyl (C=O) groups is 2. The molecule has 0 aliphatic heterocycles. The Morgan fingerprint density at radius 1 is 0.730 bits per heavy atom. The van der Waals surface area contributed by atoms with E-state index in [-0.39, 0.29) is 11.0 Å². The summed E-state index contributed by atoms with van der Waals surface area (Å²) in [5, 5.41) is 19.0. The minimum Gasteiger partial charge on any atom is -0.478 e. The molecule has 4 aromatic carbocycles. The maximum absolute atomic E-state index is 13.0. The molecule has 0 atom stereocenters. The maximum Gasteiger partial charge on any atom is 0.336 e. The molecule has 0 saturated heterocycles. The van der Waals surface area contributed by atoms with Crippen molar-refractivity contribution in [3.63, 3.8) is 0 Å². The van der Waals surface area contributed by atoms with Crippen molar-refractivity contribution in [2.45, 2.75) is 33.1 Å². The van der Waals surface area contributed by atoms with Crippen LogP contribution in [0.4, 0.5) is 27.5 Å². The summed E-state index contributed by atoms with van der Waals surface area (Å²) in [6.45, 7) is 8.42. The minimum absolute atomic E-state index is 0.0969. The summed E-state index contributed by atoms with van der Waals surface area (Å²) in [6, 6.07) is 27.5. The van der Waals surface area contributed by atoms with Crippen LogP contribution in [0.3, 0.4) is 0 Å². The van der Waals surface area contributed by atoms with Crippen LogP contribution in [-0.4, -0.2) is 17.1 Å². The monoisotopic (exact) mass is 493 g/mol. The number of anilines is 4. The molecule has 188 valence electrons. The highest BCUT2D eigenvalue weighted by molar-refractivity contribution is 6.03. The molecule has 0 aliphatic carbocycles. The molecule has 0 unspecified atom stereocenters. The molecular formula is C31H31N3O3. The Kier molecular flexibility index (Phi) is 7.30. The standard InChI is InChI=1S/C31H31N3O3/c1-20-13-16-22(17-14-20)32-30(37)34-28-19-21(23-9-5-6-10-24(23)29(35)36)15-18-27(28)33-26-12-8-7-11-25(26)31(2,3)4/h5-19,33H,1-4H3,(H,35,36)(H2,32,34,37). The molecule has 0 aliphatic rings. The van der Waals surface area contributed by atoms with E-state index < -0.39 is 12.0 Å². The lowest BCUT2D eigenvalue weighted by Gasteiger charge is -2.24. The Labute approximate surface area is 217 Å². The van der Waals surface area contributed by atoms with Crippen molar-refractivity contribution in [3.8, 4) is 11.1 Å². The first-order valence-electron chi connectivity index (χ1n) is 12.1. The van der Waals surface area contributed by atoms with E-state index in [0.717, 1.165) is 16.8 Å². The van der Waals surface area contributed by atoms with E-state index in [9.17, 15) is 14.7 Å². The lowest BCUT2D eigenvalue weighted by molar-refractivity contribution is 0.0697. The van der Waals surface area contributed by atoms with Gasteiger partial charge in [-0.05, 0) is 65.4 Å². The number of amides is 2. The highest BCUT2D eigenvalue weighted by atomic mass is 16.4. The van der Waals surface area contributed by atoms with Crippen molar-refractivity contribution >= 4 is 34.7 Å². The van der Waals surface area contributed by atoms with Gasteiger partial charge in [-0.3, -0.25) is 0 Å². The summed E-state index contributed by atoms with van der Waals surface area (Å²) in [5.74, 6) is -1.01. The van der Waals surface area contributed by atoms with E-state index in [0.29, 0.717) is 28.2 Å². The molecule has 2 amide bonds. The lowest BCUT2D eigenvalue weighted by Crippen LogP contribution is -2.20. The average molecular weight is 494 g/mol. The summed E-state index contributed by atoms with van der Waals surface area (Å²) in [6.07, 6.45) is 0. The number of carboxylic acid groups (broad SMARTS) is 1. The van der Waals surface area contributed by atoms with Crippen LogP contribution < -0.4 is 16.0 Å². The third-order valence-corrected chi connectivity index (χ3v) is 6.05.